The van der Waals surface area contributed by atoms with E-state index in [0.717, 1.165) is 25.7 Å². The van der Waals surface area contributed by atoms with E-state index >= 15 is 0 Å². The van der Waals surface area contributed by atoms with Crippen molar-refractivity contribution in [1.29, 1.82) is 0 Å². The molecule has 3 N–H and O–H groups in total. The topological polar surface area (TPSA) is 55.1 Å². The van der Waals surface area contributed by atoms with E-state index in [4.69, 9.17) is 5.73 Å². The second-order valence-corrected chi connectivity index (χ2v) is 4.65. The average Bonchev–Trinajstić information content (AvgIpc) is 2.52. The predicted molar refractivity (Wildman–Crippen MR) is 57.9 cm³/mol. The second-order valence-electron chi connectivity index (χ2n) is 4.65. The molecule has 3 heteroatoms. The minimum Gasteiger partial charge on any atom is -0.350 e. The highest BCUT2D eigenvalue weighted by atomic mass is 16.2. The van der Waals surface area contributed by atoms with Crippen LogP contribution < -0.4 is 11.1 Å². The molecule has 1 aliphatic rings. The molecule has 0 bridgehead atoms. The molecule has 82 valence electrons. The predicted octanol–water partition coefficient (Wildman–Crippen LogP) is 1.56. The van der Waals surface area contributed by atoms with Crippen molar-refractivity contribution in [1.82, 2.24) is 5.32 Å². The molecule has 0 radical (unpaired) electrons. The normalized spacial score (nSPS) is 21.9. The Labute approximate surface area is 86.4 Å². The molecule has 3 nitrogen and oxygen atoms in total. The lowest BCUT2D eigenvalue weighted by molar-refractivity contribution is -0.124. The third-order valence-corrected chi connectivity index (χ3v) is 3.07. The summed E-state index contributed by atoms with van der Waals surface area (Å²) in [6.45, 7) is 4.17. The lowest BCUT2D eigenvalue weighted by atomic mass is 9.99. The van der Waals surface area contributed by atoms with Crippen LogP contribution in [0.5, 0.6) is 0 Å². The summed E-state index contributed by atoms with van der Waals surface area (Å²) in [4.78, 5) is 11.7. The number of hydrogen-bond acceptors (Lipinski definition) is 2. The van der Waals surface area contributed by atoms with Gasteiger partial charge >= 0.3 is 0 Å². The van der Waals surface area contributed by atoms with Crippen LogP contribution in [0.25, 0.3) is 0 Å². The maximum Gasteiger partial charge on any atom is 0.237 e. The van der Waals surface area contributed by atoms with E-state index in [9.17, 15) is 4.79 Å². The first-order valence-electron chi connectivity index (χ1n) is 5.65. The summed E-state index contributed by atoms with van der Waals surface area (Å²) in [6, 6.07) is -0.322. The summed E-state index contributed by atoms with van der Waals surface area (Å²) in [7, 11) is 0. The number of amides is 1. The van der Waals surface area contributed by atoms with Gasteiger partial charge in [-0.05, 0) is 26.2 Å². The smallest absolute Gasteiger partial charge is 0.237 e. The number of nitrogens with two attached hydrogens (primary N) is 1. The van der Waals surface area contributed by atoms with Crippen LogP contribution in [0.3, 0.4) is 0 Å². The zero-order chi connectivity index (χ0) is 10.6. The molecular weight excluding hydrogens is 176 g/mol. The van der Waals surface area contributed by atoms with E-state index in [2.05, 4.69) is 12.2 Å². The minimum absolute atomic E-state index is 0.0163. The van der Waals surface area contributed by atoms with Crippen molar-refractivity contribution in [3.8, 4) is 0 Å². The van der Waals surface area contributed by atoms with E-state index in [1.807, 2.05) is 6.92 Å². The Balaban J connectivity index is 2.39. The van der Waals surface area contributed by atoms with Crippen molar-refractivity contribution in [3.05, 3.63) is 0 Å². The van der Waals surface area contributed by atoms with Crippen LogP contribution in [0.4, 0.5) is 0 Å². The van der Waals surface area contributed by atoms with E-state index in [1.54, 1.807) is 0 Å². The first-order chi connectivity index (χ1) is 6.57. The number of rotatable bonds is 4. The summed E-state index contributed by atoms with van der Waals surface area (Å²) < 4.78 is 0. The van der Waals surface area contributed by atoms with Gasteiger partial charge in [0.25, 0.3) is 0 Å². The molecule has 1 amide bonds. The third kappa shape index (κ3) is 2.98. The zero-order valence-corrected chi connectivity index (χ0v) is 9.31. The number of nitrogens with one attached hydrogen (secondary N) is 1. The average molecular weight is 198 g/mol. The highest BCUT2D eigenvalue weighted by Gasteiger charge is 2.31. The Morgan fingerprint density at radius 2 is 2.07 bits per heavy atom. The fraction of sp³-hybridized carbons (Fsp3) is 0.909. The van der Waals surface area contributed by atoms with Gasteiger partial charge in [-0.25, -0.2) is 0 Å². The van der Waals surface area contributed by atoms with Gasteiger partial charge in [-0.1, -0.05) is 26.2 Å². The Morgan fingerprint density at radius 3 is 2.57 bits per heavy atom. The fourth-order valence-electron chi connectivity index (χ4n) is 2.11. The molecule has 1 aliphatic carbocycles. The van der Waals surface area contributed by atoms with Gasteiger partial charge in [0.1, 0.15) is 0 Å². The van der Waals surface area contributed by atoms with Gasteiger partial charge in [-0.3, -0.25) is 4.79 Å². The van der Waals surface area contributed by atoms with Crippen LogP contribution >= 0.6 is 0 Å². The van der Waals surface area contributed by atoms with E-state index in [-0.39, 0.29) is 17.5 Å². The molecule has 0 aromatic heterocycles. The summed E-state index contributed by atoms with van der Waals surface area (Å²) in [5.41, 5.74) is 5.77. The van der Waals surface area contributed by atoms with Crippen LogP contribution in [0.2, 0.25) is 0 Å². The zero-order valence-electron chi connectivity index (χ0n) is 9.31. The lowest BCUT2D eigenvalue weighted by Gasteiger charge is -2.27. The van der Waals surface area contributed by atoms with Crippen molar-refractivity contribution in [2.45, 2.75) is 64.0 Å². The Kier molecular flexibility index (Phi) is 3.93. The molecule has 0 aromatic carbocycles. The van der Waals surface area contributed by atoms with Crippen LogP contribution in [-0.2, 0) is 4.79 Å². The van der Waals surface area contributed by atoms with Gasteiger partial charge in [0, 0.05) is 5.54 Å². The number of hydrogen-bond donors (Lipinski definition) is 2. The molecule has 1 saturated carbocycles. The molecule has 0 unspecified atom stereocenters. The van der Waals surface area contributed by atoms with E-state index in [1.165, 1.54) is 12.8 Å². The van der Waals surface area contributed by atoms with Gasteiger partial charge < -0.3 is 11.1 Å². The van der Waals surface area contributed by atoms with Gasteiger partial charge in [0.15, 0.2) is 0 Å². The quantitative estimate of drug-likeness (QED) is 0.720. The molecule has 0 aromatic rings. The maximum absolute atomic E-state index is 11.7. The summed E-state index contributed by atoms with van der Waals surface area (Å²) in [5, 5.41) is 3.08. The summed E-state index contributed by atoms with van der Waals surface area (Å²) >= 11 is 0. The molecule has 1 fully saturated rings. The monoisotopic (exact) mass is 198 g/mol. The van der Waals surface area contributed by atoms with Crippen LogP contribution in [-0.4, -0.2) is 17.5 Å². The first kappa shape index (κ1) is 11.5. The number of carbonyl (C=O) groups excluding carboxylic acids is 1. The van der Waals surface area contributed by atoms with Crippen molar-refractivity contribution >= 4 is 5.91 Å². The van der Waals surface area contributed by atoms with Crippen LogP contribution in [0.15, 0.2) is 0 Å². The molecule has 1 atom stereocenters. The van der Waals surface area contributed by atoms with Crippen LogP contribution in [0, 0.1) is 0 Å². The summed E-state index contributed by atoms with van der Waals surface area (Å²) in [5.74, 6) is 0.0243. The molecule has 0 heterocycles. The van der Waals surface area contributed by atoms with Crippen LogP contribution in [0.1, 0.15) is 52.4 Å². The maximum atomic E-state index is 11.7. The molecule has 14 heavy (non-hydrogen) atoms. The van der Waals surface area contributed by atoms with Crippen molar-refractivity contribution < 1.29 is 4.79 Å². The van der Waals surface area contributed by atoms with Crippen molar-refractivity contribution in [3.63, 3.8) is 0 Å². The summed E-state index contributed by atoms with van der Waals surface area (Å²) in [6.07, 6.45) is 6.38. The molecule has 1 rings (SSSR count). The van der Waals surface area contributed by atoms with Crippen molar-refractivity contribution in [2.75, 3.05) is 0 Å². The molecule has 0 spiro atoms. The number of carbonyl (C=O) groups is 1. The van der Waals surface area contributed by atoms with Gasteiger partial charge in [0.2, 0.25) is 5.91 Å². The Bertz CT molecular complexity index is 197. The Hall–Kier alpha value is -0.570. The second kappa shape index (κ2) is 4.78. The molecule has 0 aliphatic heterocycles. The fourth-order valence-corrected chi connectivity index (χ4v) is 2.11. The third-order valence-electron chi connectivity index (χ3n) is 3.07. The van der Waals surface area contributed by atoms with Gasteiger partial charge in [-0.15, -0.1) is 0 Å². The first-order valence-corrected chi connectivity index (χ1v) is 5.65. The molecule has 0 saturated heterocycles. The van der Waals surface area contributed by atoms with Gasteiger partial charge in [0.05, 0.1) is 6.04 Å². The van der Waals surface area contributed by atoms with Crippen molar-refractivity contribution in [2.24, 2.45) is 5.73 Å². The standard InChI is InChI=1S/C11H22N2O/c1-3-6-9(12)10(14)13-11(2)7-4-5-8-11/h9H,3-8,12H2,1-2H3,(H,13,14)/t9-/m1/s1. The lowest BCUT2D eigenvalue weighted by Crippen LogP contribution is -2.50. The minimum atomic E-state index is -0.322. The van der Waals surface area contributed by atoms with Gasteiger partial charge in [-0.2, -0.15) is 0 Å². The Morgan fingerprint density at radius 1 is 1.50 bits per heavy atom. The highest BCUT2D eigenvalue weighted by molar-refractivity contribution is 5.82. The highest BCUT2D eigenvalue weighted by Crippen LogP contribution is 2.28. The van der Waals surface area contributed by atoms with E-state index < -0.39 is 0 Å². The SMILES string of the molecule is CCC[C@@H](N)C(=O)NC1(C)CCCC1. The van der Waals surface area contributed by atoms with E-state index in [0.29, 0.717) is 0 Å². The molecular formula is C11H22N2O. The largest absolute Gasteiger partial charge is 0.350 e.